The summed E-state index contributed by atoms with van der Waals surface area (Å²) < 4.78 is 43.3. The predicted octanol–water partition coefficient (Wildman–Crippen LogP) is 5.55. The minimum atomic E-state index is -4.09. The molecule has 0 fully saturated rings. The van der Waals surface area contributed by atoms with Crippen LogP contribution in [-0.4, -0.2) is 14.3 Å². The molecule has 0 aliphatic heterocycles. The SMILES string of the molecule is N#C/C(=C\c1ccc(OS(=O)(=O)c2ccc(Cl)cc2)c(Br)c1)C(=O)Nc1ccc(F)cc1. The molecule has 32 heavy (non-hydrogen) atoms. The van der Waals surface area contributed by atoms with Crippen LogP contribution in [0.15, 0.2) is 81.7 Å². The van der Waals surface area contributed by atoms with Crippen molar-refractivity contribution in [1.82, 2.24) is 0 Å². The first kappa shape index (κ1) is 23.5. The van der Waals surface area contributed by atoms with Crippen molar-refractivity contribution in [3.05, 3.63) is 93.2 Å². The maximum absolute atomic E-state index is 13.0. The molecule has 0 heterocycles. The van der Waals surface area contributed by atoms with Crippen molar-refractivity contribution in [2.75, 3.05) is 5.32 Å². The van der Waals surface area contributed by atoms with Crippen molar-refractivity contribution in [3.63, 3.8) is 0 Å². The molecule has 0 unspecified atom stereocenters. The van der Waals surface area contributed by atoms with E-state index in [0.29, 0.717) is 20.7 Å². The Labute approximate surface area is 197 Å². The number of hydrogen-bond acceptors (Lipinski definition) is 5. The minimum Gasteiger partial charge on any atom is -0.378 e. The van der Waals surface area contributed by atoms with Crippen LogP contribution in [0, 0.1) is 17.1 Å². The molecule has 0 radical (unpaired) electrons. The molecule has 0 spiro atoms. The summed E-state index contributed by atoms with van der Waals surface area (Å²) in [6.07, 6.45) is 1.32. The Bertz CT molecular complexity index is 1340. The van der Waals surface area contributed by atoms with Crippen molar-refractivity contribution in [2.24, 2.45) is 0 Å². The number of nitrogens with zero attached hydrogens (tertiary/aromatic N) is 1. The van der Waals surface area contributed by atoms with Gasteiger partial charge in [-0.2, -0.15) is 13.7 Å². The molecule has 3 aromatic rings. The van der Waals surface area contributed by atoms with Gasteiger partial charge in [0.15, 0.2) is 5.75 Å². The van der Waals surface area contributed by atoms with Crippen LogP contribution in [0.25, 0.3) is 6.08 Å². The van der Waals surface area contributed by atoms with Crippen LogP contribution in [0.4, 0.5) is 10.1 Å². The molecular formula is C22H13BrClFN2O4S. The largest absolute Gasteiger partial charge is 0.378 e. The fourth-order valence-electron chi connectivity index (χ4n) is 2.49. The molecule has 1 amide bonds. The molecule has 162 valence electrons. The summed E-state index contributed by atoms with van der Waals surface area (Å²) in [7, 11) is -4.09. The van der Waals surface area contributed by atoms with Crippen LogP contribution in [0.5, 0.6) is 5.75 Å². The van der Waals surface area contributed by atoms with Gasteiger partial charge in [-0.1, -0.05) is 17.7 Å². The highest BCUT2D eigenvalue weighted by atomic mass is 79.9. The molecule has 0 aliphatic carbocycles. The fourth-order valence-corrected chi connectivity index (χ4v) is 4.15. The number of nitriles is 1. The van der Waals surface area contributed by atoms with E-state index in [1.807, 2.05) is 0 Å². The van der Waals surface area contributed by atoms with Gasteiger partial charge in [-0.15, -0.1) is 0 Å². The van der Waals surface area contributed by atoms with E-state index in [-0.39, 0.29) is 16.2 Å². The number of carbonyl (C=O) groups is 1. The molecule has 0 atom stereocenters. The molecule has 6 nitrogen and oxygen atoms in total. The highest BCUT2D eigenvalue weighted by molar-refractivity contribution is 9.10. The van der Waals surface area contributed by atoms with E-state index >= 15 is 0 Å². The van der Waals surface area contributed by atoms with Crippen LogP contribution < -0.4 is 9.50 Å². The number of carbonyl (C=O) groups excluding carboxylic acids is 1. The molecule has 0 aromatic heterocycles. The van der Waals surface area contributed by atoms with Gasteiger partial charge in [-0.3, -0.25) is 4.79 Å². The summed E-state index contributed by atoms with van der Waals surface area (Å²) in [4.78, 5) is 12.3. The van der Waals surface area contributed by atoms with Gasteiger partial charge in [0.1, 0.15) is 22.4 Å². The molecule has 1 N–H and O–H groups in total. The van der Waals surface area contributed by atoms with E-state index in [4.69, 9.17) is 15.8 Å². The van der Waals surface area contributed by atoms with Crippen LogP contribution in [-0.2, 0) is 14.9 Å². The van der Waals surface area contributed by atoms with Crippen molar-refractivity contribution >= 4 is 55.3 Å². The van der Waals surface area contributed by atoms with Gasteiger partial charge in [0.2, 0.25) is 0 Å². The summed E-state index contributed by atoms with van der Waals surface area (Å²) in [5.41, 5.74) is 0.567. The topological polar surface area (TPSA) is 96.3 Å². The Morgan fingerprint density at radius 1 is 1.09 bits per heavy atom. The van der Waals surface area contributed by atoms with Crippen LogP contribution >= 0.6 is 27.5 Å². The van der Waals surface area contributed by atoms with E-state index in [2.05, 4.69) is 21.2 Å². The van der Waals surface area contributed by atoms with Crippen molar-refractivity contribution in [2.45, 2.75) is 4.90 Å². The molecule has 0 bridgehead atoms. The van der Waals surface area contributed by atoms with Gasteiger partial charge in [-0.05, 0) is 88.2 Å². The van der Waals surface area contributed by atoms with E-state index in [1.165, 1.54) is 72.8 Å². The number of amides is 1. The number of nitrogens with one attached hydrogen (secondary N) is 1. The average Bonchev–Trinajstić information content (AvgIpc) is 2.75. The second kappa shape index (κ2) is 9.96. The number of anilines is 1. The first-order valence-corrected chi connectivity index (χ1v) is 11.4. The van der Waals surface area contributed by atoms with Gasteiger partial charge in [0, 0.05) is 10.7 Å². The first-order chi connectivity index (χ1) is 15.2. The normalized spacial score (nSPS) is 11.5. The van der Waals surface area contributed by atoms with Gasteiger partial charge < -0.3 is 9.50 Å². The Kier molecular flexibility index (Phi) is 7.30. The van der Waals surface area contributed by atoms with Gasteiger partial charge >= 0.3 is 10.1 Å². The summed E-state index contributed by atoms with van der Waals surface area (Å²) in [5.74, 6) is -1.11. The molecule has 10 heteroatoms. The lowest BCUT2D eigenvalue weighted by Crippen LogP contribution is -2.13. The highest BCUT2D eigenvalue weighted by Crippen LogP contribution is 2.30. The predicted molar refractivity (Wildman–Crippen MR) is 122 cm³/mol. The number of benzene rings is 3. The maximum atomic E-state index is 13.0. The van der Waals surface area contributed by atoms with Crippen LogP contribution in [0.3, 0.4) is 0 Å². The molecule has 0 saturated heterocycles. The van der Waals surface area contributed by atoms with Gasteiger partial charge in [-0.25, -0.2) is 4.39 Å². The summed E-state index contributed by atoms with van der Waals surface area (Å²) >= 11 is 9.01. The third-order valence-electron chi connectivity index (χ3n) is 4.04. The molecule has 0 saturated carbocycles. The van der Waals surface area contributed by atoms with E-state index in [1.54, 1.807) is 6.07 Å². The van der Waals surface area contributed by atoms with E-state index in [9.17, 15) is 22.9 Å². The average molecular weight is 536 g/mol. The summed E-state index contributed by atoms with van der Waals surface area (Å²) in [5, 5.41) is 12.2. The number of hydrogen-bond donors (Lipinski definition) is 1. The Morgan fingerprint density at radius 2 is 1.75 bits per heavy atom. The zero-order valence-corrected chi connectivity index (χ0v) is 19.2. The monoisotopic (exact) mass is 534 g/mol. The zero-order chi connectivity index (χ0) is 23.3. The Hall–Kier alpha value is -3.19. The standard InChI is InChI=1S/C22H13BrClFN2O4S/c23-20-12-14(11-15(13-26)22(28)27-18-6-4-17(25)5-7-18)1-10-21(20)31-32(29,30)19-8-2-16(24)3-9-19/h1-12H,(H,27,28)/b15-11+. The third kappa shape index (κ3) is 5.95. The summed E-state index contributed by atoms with van der Waals surface area (Å²) in [6, 6.07) is 16.8. The quantitative estimate of drug-likeness (QED) is 0.253. The lowest BCUT2D eigenvalue weighted by atomic mass is 10.1. The summed E-state index contributed by atoms with van der Waals surface area (Å²) in [6.45, 7) is 0. The van der Waals surface area contributed by atoms with E-state index < -0.39 is 21.8 Å². The lowest BCUT2D eigenvalue weighted by molar-refractivity contribution is -0.112. The van der Waals surface area contributed by atoms with Gasteiger partial charge in [0.05, 0.1) is 4.47 Å². The van der Waals surface area contributed by atoms with Crippen molar-refractivity contribution < 1.29 is 21.8 Å². The molecular weight excluding hydrogens is 523 g/mol. The minimum absolute atomic E-state index is 0.0198. The molecule has 3 rings (SSSR count). The maximum Gasteiger partial charge on any atom is 0.339 e. The van der Waals surface area contributed by atoms with Gasteiger partial charge in [0.25, 0.3) is 5.91 Å². The second-order valence-corrected chi connectivity index (χ2v) is 9.15. The highest BCUT2D eigenvalue weighted by Gasteiger charge is 2.18. The second-order valence-electron chi connectivity index (χ2n) is 6.31. The molecule has 0 aliphatic rings. The lowest BCUT2D eigenvalue weighted by Gasteiger charge is -2.09. The fraction of sp³-hybridized carbons (Fsp3) is 0. The first-order valence-electron chi connectivity index (χ1n) is 8.86. The Morgan fingerprint density at radius 3 is 2.34 bits per heavy atom. The molecule has 3 aromatic carbocycles. The third-order valence-corrected chi connectivity index (χ3v) is 6.16. The van der Waals surface area contributed by atoms with Crippen LogP contribution in [0.2, 0.25) is 5.02 Å². The zero-order valence-electron chi connectivity index (χ0n) is 16.1. The smallest absolute Gasteiger partial charge is 0.339 e. The number of rotatable bonds is 6. The van der Waals surface area contributed by atoms with Crippen molar-refractivity contribution in [1.29, 1.82) is 5.26 Å². The van der Waals surface area contributed by atoms with Crippen molar-refractivity contribution in [3.8, 4) is 11.8 Å². The van der Waals surface area contributed by atoms with Crippen LogP contribution in [0.1, 0.15) is 5.56 Å². The Balaban J connectivity index is 1.79. The number of halogens is 3. The van der Waals surface area contributed by atoms with E-state index in [0.717, 1.165) is 0 Å².